The molecular formula is C28H43NaO3S. The zero-order valence-electron chi connectivity index (χ0n) is 21.3. The Morgan fingerprint density at radius 3 is 1.70 bits per heavy atom. The summed E-state index contributed by atoms with van der Waals surface area (Å²) in [6.07, 6.45) is 19.7. The van der Waals surface area contributed by atoms with Crippen LogP contribution >= 0.6 is 0 Å². The van der Waals surface area contributed by atoms with Crippen LogP contribution in [0.25, 0.3) is 10.8 Å². The molecule has 0 aromatic heterocycles. The van der Waals surface area contributed by atoms with Crippen molar-refractivity contribution in [1.29, 1.82) is 0 Å². The van der Waals surface area contributed by atoms with E-state index in [4.69, 9.17) is 0 Å². The van der Waals surface area contributed by atoms with Crippen molar-refractivity contribution in [2.75, 3.05) is 0 Å². The fourth-order valence-electron chi connectivity index (χ4n) is 4.62. The van der Waals surface area contributed by atoms with Crippen molar-refractivity contribution in [1.82, 2.24) is 0 Å². The summed E-state index contributed by atoms with van der Waals surface area (Å²) in [6.45, 7) is 4.49. The fraction of sp³-hybridized carbons (Fsp3) is 0.643. The summed E-state index contributed by atoms with van der Waals surface area (Å²) in [5.41, 5.74) is 2.59. The molecule has 180 valence electrons. The van der Waals surface area contributed by atoms with Crippen LogP contribution in [0.4, 0.5) is 0 Å². The Hall–Kier alpha value is -0.390. The van der Waals surface area contributed by atoms with E-state index < -0.39 is 10.1 Å². The van der Waals surface area contributed by atoms with Crippen LogP contribution in [-0.2, 0) is 23.0 Å². The predicted octanol–water partition coefficient (Wildman–Crippen LogP) is 5.33. The van der Waals surface area contributed by atoms with E-state index in [0.29, 0.717) is 0 Å². The Bertz CT molecular complexity index is 909. The van der Waals surface area contributed by atoms with Crippen LogP contribution in [0.5, 0.6) is 0 Å². The smallest absolute Gasteiger partial charge is 0.744 e. The number of fused-ring (bicyclic) bond motifs is 1. The van der Waals surface area contributed by atoms with Crippen LogP contribution in [0.2, 0.25) is 0 Å². The molecule has 2 aromatic rings. The Morgan fingerprint density at radius 1 is 0.667 bits per heavy atom. The summed E-state index contributed by atoms with van der Waals surface area (Å²) in [5.74, 6) is 0. The molecule has 2 aromatic carbocycles. The third kappa shape index (κ3) is 11.3. The maximum Gasteiger partial charge on any atom is 1.00 e. The van der Waals surface area contributed by atoms with Crippen LogP contribution in [0.15, 0.2) is 35.2 Å². The van der Waals surface area contributed by atoms with Crippen molar-refractivity contribution in [3.63, 3.8) is 0 Å². The molecule has 0 radical (unpaired) electrons. The molecule has 0 heterocycles. The minimum absolute atomic E-state index is 0. The SMILES string of the molecule is CCCCCCCCCc1ccc2ccc(S(=O)(=O)[O-])cc2c1CCCCCCCCC.[Na+]. The standard InChI is InChI=1S/C28H44O3S.Na/c1-3-5-7-9-11-13-15-17-24-19-20-25-21-22-26(32(29,30)31)23-28(25)27(24)18-16-14-12-10-8-6-4-2;/h19-23H,3-18H2,1-2H3,(H,29,30,31);/q;+1/p-1. The monoisotopic (exact) mass is 482 g/mol. The Balaban J connectivity index is 0.00000544. The van der Waals surface area contributed by atoms with E-state index in [2.05, 4.69) is 26.0 Å². The maximum atomic E-state index is 11.6. The van der Waals surface area contributed by atoms with Crippen LogP contribution in [-0.4, -0.2) is 13.0 Å². The summed E-state index contributed by atoms with van der Waals surface area (Å²) in [6, 6.07) is 9.15. The number of unbranched alkanes of at least 4 members (excludes halogenated alkanes) is 12. The molecule has 0 fully saturated rings. The van der Waals surface area contributed by atoms with E-state index >= 15 is 0 Å². The third-order valence-corrected chi connectivity index (χ3v) is 7.40. The maximum absolute atomic E-state index is 11.6. The van der Waals surface area contributed by atoms with Gasteiger partial charge in [0.05, 0.1) is 4.90 Å². The van der Waals surface area contributed by atoms with Gasteiger partial charge in [-0.05, 0) is 59.7 Å². The van der Waals surface area contributed by atoms with Gasteiger partial charge >= 0.3 is 29.6 Å². The van der Waals surface area contributed by atoms with Gasteiger partial charge in [0.1, 0.15) is 10.1 Å². The molecule has 0 aliphatic carbocycles. The minimum atomic E-state index is -4.44. The van der Waals surface area contributed by atoms with Crippen LogP contribution in [0, 0.1) is 0 Å². The van der Waals surface area contributed by atoms with Gasteiger partial charge in [0, 0.05) is 0 Å². The van der Waals surface area contributed by atoms with E-state index in [1.807, 2.05) is 0 Å². The quantitative estimate of drug-likeness (QED) is 0.174. The fourth-order valence-corrected chi connectivity index (χ4v) is 5.12. The topological polar surface area (TPSA) is 57.2 Å². The van der Waals surface area contributed by atoms with E-state index in [0.717, 1.165) is 30.0 Å². The van der Waals surface area contributed by atoms with E-state index in [-0.39, 0.29) is 34.5 Å². The first-order chi connectivity index (χ1) is 15.5. The molecule has 0 saturated heterocycles. The van der Waals surface area contributed by atoms with Gasteiger partial charge < -0.3 is 4.55 Å². The molecular weight excluding hydrogens is 439 g/mol. The average molecular weight is 483 g/mol. The number of rotatable bonds is 17. The van der Waals surface area contributed by atoms with Crippen LogP contribution in [0.3, 0.4) is 0 Å². The average Bonchev–Trinajstić information content (AvgIpc) is 2.77. The van der Waals surface area contributed by atoms with Gasteiger partial charge in [-0.15, -0.1) is 0 Å². The predicted molar refractivity (Wildman–Crippen MR) is 135 cm³/mol. The Morgan fingerprint density at radius 2 is 1.15 bits per heavy atom. The van der Waals surface area contributed by atoms with Crippen molar-refractivity contribution in [2.45, 2.75) is 121 Å². The van der Waals surface area contributed by atoms with Crippen molar-refractivity contribution in [3.05, 3.63) is 41.5 Å². The van der Waals surface area contributed by atoms with Crippen molar-refractivity contribution >= 4 is 20.9 Å². The summed E-state index contributed by atoms with van der Waals surface area (Å²) in [7, 11) is -4.44. The number of hydrogen-bond donors (Lipinski definition) is 0. The van der Waals surface area contributed by atoms with Crippen molar-refractivity contribution < 1.29 is 42.5 Å². The molecule has 0 N–H and O–H groups in total. The second-order valence-corrected chi connectivity index (χ2v) is 10.7. The second kappa shape index (κ2) is 17.1. The first-order valence-corrected chi connectivity index (χ1v) is 14.4. The van der Waals surface area contributed by atoms with Crippen LogP contribution < -0.4 is 29.6 Å². The number of hydrogen-bond acceptors (Lipinski definition) is 3. The molecule has 0 spiro atoms. The number of aryl methyl sites for hydroxylation is 2. The van der Waals surface area contributed by atoms with E-state index in [1.54, 1.807) is 12.1 Å². The van der Waals surface area contributed by atoms with Gasteiger partial charge in [0.25, 0.3) is 0 Å². The van der Waals surface area contributed by atoms with Gasteiger partial charge in [-0.1, -0.05) is 109 Å². The van der Waals surface area contributed by atoms with E-state index in [9.17, 15) is 13.0 Å². The van der Waals surface area contributed by atoms with Gasteiger partial charge in [-0.3, -0.25) is 0 Å². The molecule has 0 saturated carbocycles. The molecule has 0 unspecified atom stereocenters. The summed E-state index contributed by atoms with van der Waals surface area (Å²) >= 11 is 0. The van der Waals surface area contributed by atoms with Gasteiger partial charge in [0.15, 0.2) is 0 Å². The van der Waals surface area contributed by atoms with Crippen LogP contribution in [0.1, 0.15) is 115 Å². The normalized spacial score (nSPS) is 11.6. The molecule has 0 aliphatic rings. The largest absolute Gasteiger partial charge is 1.00 e. The Kier molecular flexibility index (Phi) is 15.9. The zero-order chi connectivity index (χ0) is 23.2. The summed E-state index contributed by atoms with van der Waals surface area (Å²) in [4.78, 5) is -0.112. The molecule has 0 atom stereocenters. The molecule has 3 nitrogen and oxygen atoms in total. The molecule has 2 rings (SSSR count). The Labute approximate surface area is 225 Å². The molecule has 0 aliphatic heterocycles. The molecule has 0 bridgehead atoms. The first-order valence-electron chi connectivity index (χ1n) is 13.0. The van der Waals surface area contributed by atoms with Crippen molar-refractivity contribution in [2.24, 2.45) is 0 Å². The van der Waals surface area contributed by atoms with Gasteiger partial charge in [-0.25, -0.2) is 8.42 Å². The molecule has 5 heteroatoms. The van der Waals surface area contributed by atoms with Crippen molar-refractivity contribution in [3.8, 4) is 0 Å². The second-order valence-electron chi connectivity index (χ2n) is 9.28. The third-order valence-electron chi connectivity index (χ3n) is 6.57. The van der Waals surface area contributed by atoms with E-state index in [1.165, 1.54) is 101 Å². The first kappa shape index (κ1) is 30.6. The summed E-state index contributed by atoms with van der Waals surface area (Å²) < 4.78 is 34.9. The van der Waals surface area contributed by atoms with Gasteiger partial charge in [0.2, 0.25) is 0 Å². The van der Waals surface area contributed by atoms with Gasteiger partial charge in [-0.2, -0.15) is 0 Å². The molecule has 0 amide bonds. The summed E-state index contributed by atoms with van der Waals surface area (Å²) in [5, 5.41) is 1.98. The minimum Gasteiger partial charge on any atom is -0.744 e. The molecule has 33 heavy (non-hydrogen) atoms. The number of benzene rings is 2. The zero-order valence-corrected chi connectivity index (χ0v) is 24.1.